The fourth-order valence-corrected chi connectivity index (χ4v) is 5.23. The molecule has 4 rings (SSSR count). The Hall–Kier alpha value is -3.80. The third kappa shape index (κ3) is 7.23. The second kappa shape index (κ2) is 13.2. The number of benzene rings is 2. The summed E-state index contributed by atoms with van der Waals surface area (Å²) in [6.07, 6.45) is 5.78. The SMILES string of the molecule is CCC(C)(C)c1ccc(OCCCCNC(=O)c2cc(-c3cccn3C)nn2-c2cc(C)ccc2C)c(C(C)(C)CC)c1. The molecule has 43 heavy (non-hydrogen) atoms. The Morgan fingerprint density at radius 1 is 0.930 bits per heavy atom. The van der Waals surface area contributed by atoms with Crippen LogP contribution >= 0.6 is 0 Å². The van der Waals surface area contributed by atoms with Crippen LogP contribution in [0.15, 0.2) is 60.8 Å². The van der Waals surface area contributed by atoms with Gasteiger partial charge in [-0.3, -0.25) is 4.79 Å². The van der Waals surface area contributed by atoms with Gasteiger partial charge in [-0.2, -0.15) is 5.10 Å². The molecule has 1 amide bonds. The Balaban J connectivity index is 1.42. The van der Waals surface area contributed by atoms with Gasteiger partial charge in [0.05, 0.1) is 18.0 Å². The molecule has 0 atom stereocenters. The van der Waals surface area contributed by atoms with Crippen LogP contribution in [0.1, 0.15) is 100.0 Å². The Bertz CT molecular complexity index is 1560. The van der Waals surface area contributed by atoms with Crippen LogP contribution in [0.3, 0.4) is 0 Å². The molecule has 0 radical (unpaired) electrons. The first-order valence-corrected chi connectivity index (χ1v) is 15.7. The van der Waals surface area contributed by atoms with E-state index in [0.29, 0.717) is 18.8 Å². The minimum Gasteiger partial charge on any atom is -0.493 e. The summed E-state index contributed by atoms with van der Waals surface area (Å²) in [5.41, 5.74) is 8.16. The van der Waals surface area contributed by atoms with Gasteiger partial charge in [-0.1, -0.05) is 65.8 Å². The van der Waals surface area contributed by atoms with E-state index in [1.165, 1.54) is 11.1 Å². The zero-order valence-corrected chi connectivity index (χ0v) is 27.7. The Labute approximate surface area is 258 Å². The fraction of sp³-hybridized carbons (Fsp3) is 0.459. The summed E-state index contributed by atoms with van der Waals surface area (Å²) in [5, 5.41) is 8.00. The summed E-state index contributed by atoms with van der Waals surface area (Å²) in [4.78, 5) is 13.5. The second-order valence-electron chi connectivity index (χ2n) is 13.1. The average Bonchev–Trinajstić information content (AvgIpc) is 3.62. The number of carbonyl (C=O) groups is 1. The van der Waals surface area contributed by atoms with Gasteiger partial charge >= 0.3 is 0 Å². The average molecular weight is 583 g/mol. The van der Waals surface area contributed by atoms with E-state index in [-0.39, 0.29) is 16.7 Å². The number of carbonyl (C=O) groups excluding carboxylic acids is 1. The van der Waals surface area contributed by atoms with Crippen LogP contribution < -0.4 is 10.1 Å². The molecule has 2 aromatic heterocycles. The molecule has 0 saturated heterocycles. The smallest absolute Gasteiger partial charge is 0.270 e. The van der Waals surface area contributed by atoms with Crippen LogP contribution in [0.2, 0.25) is 0 Å². The number of unbranched alkanes of at least 4 members (excludes halogenated alkanes) is 1. The topological polar surface area (TPSA) is 61.1 Å². The quantitative estimate of drug-likeness (QED) is 0.161. The molecule has 0 fully saturated rings. The maximum Gasteiger partial charge on any atom is 0.270 e. The van der Waals surface area contributed by atoms with E-state index < -0.39 is 0 Å². The molecule has 2 aromatic carbocycles. The van der Waals surface area contributed by atoms with Crippen LogP contribution in [0.4, 0.5) is 0 Å². The zero-order valence-electron chi connectivity index (χ0n) is 27.7. The summed E-state index contributed by atoms with van der Waals surface area (Å²) in [6.45, 7) is 18.9. The standard InChI is InChI=1S/C37H50N4O2/c1-10-36(5,6)28-18-19-34(29(24-28)37(7,8)11-2)43-22-13-12-20-38-35(42)33-25-30(31-15-14-21-40(31)9)39-41(33)32-23-26(3)16-17-27(32)4/h14-19,21,23-25H,10-13,20,22H2,1-9H3,(H,38,42). The third-order valence-corrected chi connectivity index (χ3v) is 9.11. The largest absolute Gasteiger partial charge is 0.493 e. The van der Waals surface area contributed by atoms with Gasteiger partial charge in [0.15, 0.2) is 0 Å². The van der Waals surface area contributed by atoms with Crippen LogP contribution in [-0.4, -0.2) is 33.4 Å². The molecule has 0 bridgehead atoms. The molecule has 0 unspecified atom stereocenters. The molecule has 6 nitrogen and oxygen atoms in total. The van der Waals surface area contributed by atoms with E-state index in [4.69, 9.17) is 9.84 Å². The molecular formula is C37H50N4O2. The molecule has 6 heteroatoms. The van der Waals surface area contributed by atoms with Crippen molar-refractivity contribution in [3.8, 4) is 22.8 Å². The van der Waals surface area contributed by atoms with Crippen molar-refractivity contribution >= 4 is 5.91 Å². The molecule has 0 aliphatic carbocycles. The Morgan fingerprint density at radius 2 is 1.67 bits per heavy atom. The van der Waals surface area contributed by atoms with E-state index in [2.05, 4.69) is 90.2 Å². The predicted molar refractivity (Wildman–Crippen MR) is 178 cm³/mol. The van der Waals surface area contributed by atoms with Crippen LogP contribution in [0.25, 0.3) is 17.1 Å². The molecular weight excluding hydrogens is 532 g/mol. The van der Waals surface area contributed by atoms with E-state index in [1.54, 1.807) is 4.68 Å². The monoisotopic (exact) mass is 582 g/mol. The van der Waals surface area contributed by atoms with Crippen molar-refractivity contribution in [2.45, 2.75) is 91.9 Å². The number of aryl methyl sites for hydroxylation is 3. The zero-order chi connectivity index (χ0) is 31.4. The first kappa shape index (κ1) is 32.1. The third-order valence-electron chi connectivity index (χ3n) is 9.11. The highest BCUT2D eigenvalue weighted by atomic mass is 16.5. The minimum atomic E-state index is -0.129. The summed E-state index contributed by atoms with van der Waals surface area (Å²) in [5.74, 6) is 0.841. The molecule has 1 N–H and O–H groups in total. The lowest BCUT2D eigenvalue weighted by molar-refractivity contribution is 0.0944. The lowest BCUT2D eigenvalue weighted by Gasteiger charge is -2.30. The first-order chi connectivity index (χ1) is 20.4. The number of nitrogens with one attached hydrogen (secondary N) is 1. The van der Waals surface area contributed by atoms with E-state index in [9.17, 15) is 4.79 Å². The molecule has 2 heterocycles. The molecule has 0 saturated carbocycles. The summed E-state index contributed by atoms with van der Waals surface area (Å²) >= 11 is 0. The van der Waals surface area contributed by atoms with Crippen LogP contribution in [-0.2, 0) is 17.9 Å². The van der Waals surface area contributed by atoms with Crippen molar-refractivity contribution < 1.29 is 9.53 Å². The highest BCUT2D eigenvalue weighted by Gasteiger charge is 2.26. The fourth-order valence-electron chi connectivity index (χ4n) is 5.23. The van der Waals surface area contributed by atoms with Crippen LogP contribution in [0.5, 0.6) is 5.75 Å². The molecule has 230 valence electrons. The van der Waals surface area contributed by atoms with Crippen molar-refractivity contribution in [3.05, 3.63) is 88.7 Å². The van der Waals surface area contributed by atoms with Gasteiger partial charge in [0.2, 0.25) is 0 Å². The van der Waals surface area contributed by atoms with Gasteiger partial charge in [0.25, 0.3) is 5.91 Å². The summed E-state index contributed by atoms with van der Waals surface area (Å²) < 4.78 is 10.1. The number of hydrogen-bond donors (Lipinski definition) is 1. The number of amides is 1. The van der Waals surface area contributed by atoms with E-state index >= 15 is 0 Å². The van der Waals surface area contributed by atoms with Gasteiger partial charge in [0.1, 0.15) is 17.1 Å². The summed E-state index contributed by atoms with van der Waals surface area (Å²) in [7, 11) is 1.99. The van der Waals surface area contributed by atoms with Gasteiger partial charge in [-0.05, 0) is 97.4 Å². The van der Waals surface area contributed by atoms with Gasteiger partial charge in [0, 0.05) is 25.4 Å². The molecule has 0 spiro atoms. The Kier molecular flexibility index (Phi) is 9.89. The number of hydrogen-bond acceptors (Lipinski definition) is 3. The number of nitrogens with zero attached hydrogens (tertiary/aromatic N) is 3. The molecule has 0 aliphatic rings. The van der Waals surface area contributed by atoms with Crippen molar-refractivity contribution in [1.29, 1.82) is 0 Å². The highest BCUT2D eigenvalue weighted by molar-refractivity contribution is 5.94. The van der Waals surface area contributed by atoms with Crippen LogP contribution in [0, 0.1) is 13.8 Å². The van der Waals surface area contributed by atoms with Gasteiger partial charge in [-0.15, -0.1) is 0 Å². The van der Waals surface area contributed by atoms with E-state index in [0.717, 1.165) is 59.6 Å². The molecule has 0 aliphatic heterocycles. The lowest BCUT2D eigenvalue weighted by atomic mass is 9.76. The summed E-state index contributed by atoms with van der Waals surface area (Å²) in [6, 6.07) is 18.8. The Morgan fingerprint density at radius 3 is 2.35 bits per heavy atom. The first-order valence-electron chi connectivity index (χ1n) is 15.7. The lowest BCUT2D eigenvalue weighted by Crippen LogP contribution is -2.27. The van der Waals surface area contributed by atoms with Gasteiger partial charge in [-0.25, -0.2) is 4.68 Å². The van der Waals surface area contributed by atoms with Crippen molar-refractivity contribution in [2.75, 3.05) is 13.2 Å². The molecule has 4 aromatic rings. The maximum atomic E-state index is 13.5. The van der Waals surface area contributed by atoms with Crippen molar-refractivity contribution in [2.24, 2.45) is 7.05 Å². The number of rotatable bonds is 13. The number of aromatic nitrogens is 3. The number of ether oxygens (including phenoxy) is 1. The van der Waals surface area contributed by atoms with Gasteiger partial charge < -0.3 is 14.6 Å². The normalized spacial score (nSPS) is 12.0. The predicted octanol–water partition coefficient (Wildman–Crippen LogP) is 8.46. The van der Waals surface area contributed by atoms with Crippen molar-refractivity contribution in [3.63, 3.8) is 0 Å². The minimum absolute atomic E-state index is 0.0278. The van der Waals surface area contributed by atoms with E-state index in [1.807, 2.05) is 42.9 Å². The maximum absolute atomic E-state index is 13.5. The second-order valence-corrected chi connectivity index (χ2v) is 13.1. The van der Waals surface area contributed by atoms with Crippen molar-refractivity contribution in [1.82, 2.24) is 19.7 Å². The highest BCUT2D eigenvalue weighted by Crippen LogP contribution is 2.38.